The number of nitrogens with zero attached hydrogens (tertiary/aromatic N) is 4. The van der Waals surface area contributed by atoms with Crippen LogP contribution < -0.4 is 0 Å². The largest absolute Gasteiger partial charge is 0.308 e. The van der Waals surface area contributed by atoms with Crippen molar-refractivity contribution in [3.8, 4) is 28.5 Å². The van der Waals surface area contributed by atoms with E-state index in [1.807, 2.05) is 12.1 Å². The van der Waals surface area contributed by atoms with E-state index < -0.39 is 0 Å². The van der Waals surface area contributed by atoms with Crippen LogP contribution in [-0.2, 0) is 0 Å². The highest BCUT2D eigenvalue weighted by molar-refractivity contribution is 6.37. The second-order valence-corrected chi connectivity index (χ2v) is 12.2. The van der Waals surface area contributed by atoms with Gasteiger partial charge in [-0.05, 0) is 41.1 Å². The lowest BCUT2D eigenvalue weighted by molar-refractivity contribution is 0.996. The van der Waals surface area contributed by atoms with E-state index in [9.17, 15) is 0 Å². The first kappa shape index (κ1) is 24.1. The van der Waals surface area contributed by atoms with Crippen molar-refractivity contribution in [3.05, 3.63) is 146 Å². The van der Waals surface area contributed by atoms with Crippen molar-refractivity contribution >= 4 is 70.7 Å². The topological polar surface area (TPSA) is 35.1 Å². The van der Waals surface area contributed by atoms with Crippen molar-refractivity contribution in [2.24, 2.45) is 0 Å². The Balaban J connectivity index is 1.38. The summed E-state index contributed by atoms with van der Waals surface area (Å²) in [5.74, 6) is 0.671. The molecule has 0 N–H and O–H groups in total. The smallest absolute Gasteiger partial charge is 0.235 e. The second kappa shape index (κ2) is 8.68. The van der Waals surface area contributed by atoms with Gasteiger partial charge in [-0.2, -0.15) is 0 Å². The lowest BCUT2D eigenvalue weighted by Crippen LogP contribution is -2.04. The number of aromatic nitrogens is 4. The van der Waals surface area contributed by atoms with E-state index in [2.05, 4.69) is 142 Å². The van der Waals surface area contributed by atoms with Crippen LogP contribution in [0.5, 0.6) is 0 Å². The molecule has 4 heterocycles. The molecule has 0 spiro atoms. The van der Waals surface area contributed by atoms with E-state index in [4.69, 9.17) is 9.97 Å². The average molecular weight is 585 g/mol. The Morgan fingerprint density at radius 2 is 0.978 bits per heavy atom. The molecule has 0 aliphatic rings. The minimum atomic E-state index is 0.671. The number of hydrogen-bond acceptors (Lipinski definition) is 2. The zero-order valence-electron chi connectivity index (χ0n) is 24.6. The van der Waals surface area contributed by atoms with Crippen LogP contribution in [-0.4, -0.2) is 18.9 Å². The molecular weight excluding hydrogens is 560 g/mol. The van der Waals surface area contributed by atoms with E-state index in [1.54, 1.807) is 0 Å². The van der Waals surface area contributed by atoms with Crippen molar-refractivity contribution in [2.45, 2.75) is 0 Å². The van der Waals surface area contributed by atoms with Gasteiger partial charge < -0.3 is 4.40 Å². The highest BCUT2D eigenvalue weighted by atomic mass is 15.2. The summed E-state index contributed by atoms with van der Waals surface area (Å²) in [4.78, 5) is 10.6. The number of rotatable bonds is 3. The Morgan fingerprint density at radius 1 is 0.391 bits per heavy atom. The quantitative estimate of drug-likeness (QED) is 0.207. The first-order valence-electron chi connectivity index (χ1n) is 15.7. The van der Waals surface area contributed by atoms with Crippen LogP contribution in [0.2, 0.25) is 0 Å². The maximum Gasteiger partial charge on any atom is 0.235 e. The minimum absolute atomic E-state index is 0.671. The van der Waals surface area contributed by atoms with Gasteiger partial charge in [-0.15, -0.1) is 0 Å². The van der Waals surface area contributed by atoms with E-state index in [1.165, 1.54) is 59.6 Å². The summed E-state index contributed by atoms with van der Waals surface area (Å²) in [5, 5.41) is 10.1. The summed E-state index contributed by atoms with van der Waals surface area (Å²) in [6, 6.07) is 52.1. The van der Waals surface area contributed by atoms with E-state index >= 15 is 0 Å². The molecule has 11 rings (SSSR count). The third kappa shape index (κ3) is 3.03. The molecule has 0 aliphatic heterocycles. The molecule has 11 aromatic rings. The van der Waals surface area contributed by atoms with Crippen LogP contribution in [0.1, 0.15) is 0 Å². The molecule has 0 amide bonds. The number of para-hydroxylation sites is 1. The van der Waals surface area contributed by atoms with Gasteiger partial charge in [-0.1, -0.05) is 115 Å². The van der Waals surface area contributed by atoms with Crippen LogP contribution in [0, 0.1) is 0 Å². The van der Waals surface area contributed by atoms with Crippen LogP contribution in [0.15, 0.2) is 146 Å². The van der Waals surface area contributed by atoms with E-state index in [-0.39, 0.29) is 0 Å². The molecule has 0 aliphatic carbocycles. The molecule has 0 saturated heterocycles. The Kier molecular flexibility index (Phi) is 4.55. The molecule has 0 unspecified atom stereocenters. The molecule has 7 aromatic carbocycles. The normalized spacial score (nSPS) is 12.3. The first-order valence-corrected chi connectivity index (χ1v) is 15.7. The van der Waals surface area contributed by atoms with E-state index in [0.717, 1.165) is 33.5 Å². The zero-order valence-corrected chi connectivity index (χ0v) is 24.6. The number of fused-ring (bicyclic) bond motifs is 4. The molecule has 0 fully saturated rings. The third-order valence-electron chi connectivity index (χ3n) is 9.82. The van der Waals surface area contributed by atoms with Gasteiger partial charge >= 0.3 is 0 Å². The Labute approximate surface area is 263 Å². The Bertz CT molecular complexity index is 2890. The van der Waals surface area contributed by atoms with Crippen molar-refractivity contribution in [3.63, 3.8) is 0 Å². The van der Waals surface area contributed by atoms with Crippen molar-refractivity contribution in [1.29, 1.82) is 0 Å². The highest BCUT2D eigenvalue weighted by Crippen LogP contribution is 2.47. The molecule has 0 saturated carbocycles. The van der Waals surface area contributed by atoms with Gasteiger partial charge in [0.2, 0.25) is 5.95 Å². The van der Waals surface area contributed by atoms with Crippen molar-refractivity contribution in [2.75, 3.05) is 0 Å². The molecule has 4 heteroatoms. The maximum atomic E-state index is 5.29. The predicted octanol–water partition coefficient (Wildman–Crippen LogP) is 10.6. The summed E-state index contributed by atoms with van der Waals surface area (Å²) >= 11 is 0. The molecule has 0 atom stereocenters. The summed E-state index contributed by atoms with van der Waals surface area (Å²) in [6.07, 6.45) is 0. The van der Waals surface area contributed by atoms with Gasteiger partial charge in [-0.25, -0.2) is 9.97 Å². The maximum absolute atomic E-state index is 5.29. The summed E-state index contributed by atoms with van der Waals surface area (Å²) < 4.78 is 4.79. The predicted molar refractivity (Wildman–Crippen MR) is 191 cm³/mol. The first-order chi connectivity index (χ1) is 22.8. The molecular formula is C42H24N4. The lowest BCUT2D eigenvalue weighted by atomic mass is 9.98. The van der Waals surface area contributed by atoms with Crippen LogP contribution in [0.4, 0.5) is 0 Å². The zero-order chi connectivity index (χ0) is 29.9. The summed E-state index contributed by atoms with van der Waals surface area (Å²) in [6.45, 7) is 0. The Morgan fingerprint density at radius 3 is 1.70 bits per heavy atom. The minimum Gasteiger partial charge on any atom is -0.308 e. The molecule has 4 aromatic heterocycles. The standard InChI is InChI=1S/C42H24N4/c1-3-10-25(11-4-1)31-24-32(26-12-5-2-6-13-26)44-42(43-31)46-35-22-19-27-14-9-17-34-37(27)39(35)40-36(46)23-20-28-18-21-30-29-15-7-8-16-33(29)45(34)41(30)38(28)40/h1-24H. The summed E-state index contributed by atoms with van der Waals surface area (Å²) in [7, 11) is 0. The Hall–Kier alpha value is -6.26. The van der Waals surface area contributed by atoms with Gasteiger partial charge in [0.05, 0.1) is 39.0 Å². The number of hydrogen-bond donors (Lipinski definition) is 0. The molecule has 0 radical (unpaired) electrons. The van der Waals surface area contributed by atoms with Crippen molar-refractivity contribution < 1.29 is 0 Å². The lowest BCUT2D eigenvalue weighted by Gasteiger charge is -2.13. The monoisotopic (exact) mass is 584 g/mol. The fourth-order valence-electron chi connectivity index (χ4n) is 7.91. The molecule has 4 nitrogen and oxygen atoms in total. The molecule has 46 heavy (non-hydrogen) atoms. The number of benzene rings is 7. The van der Waals surface area contributed by atoms with Crippen molar-refractivity contribution in [1.82, 2.24) is 18.9 Å². The fraction of sp³-hybridized carbons (Fsp3) is 0. The second-order valence-electron chi connectivity index (χ2n) is 12.2. The average Bonchev–Trinajstić information content (AvgIpc) is 3.60. The van der Waals surface area contributed by atoms with Gasteiger partial charge in [0.25, 0.3) is 0 Å². The molecule has 212 valence electrons. The summed E-state index contributed by atoms with van der Waals surface area (Å²) in [5.41, 5.74) is 9.85. The van der Waals surface area contributed by atoms with Gasteiger partial charge in [-0.3, -0.25) is 4.57 Å². The van der Waals surface area contributed by atoms with Gasteiger partial charge in [0.15, 0.2) is 0 Å². The van der Waals surface area contributed by atoms with Crippen LogP contribution in [0.3, 0.4) is 0 Å². The van der Waals surface area contributed by atoms with Gasteiger partial charge in [0.1, 0.15) is 0 Å². The highest BCUT2D eigenvalue weighted by Gasteiger charge is 2.25. The third-order valence-corrected chi connectivity index (χ3v) is 9.82. The SMILES string of the molecule is c1ccc(-c2cc(-c3ccccc3)nc(-n3c4ccc5cccc6c5c4c4c5c(ccc7c8ccccc8n6c75)ccc43)n2)cc1. The molecule has 0 bridgehead atoms. The fourth-order valence-corrected chi connectivity index (χ4v) is 7.91. The van der Waals surface area contributed by atoms with E-state index in [0.29, 0.717) is 5.95 Å². The van der Waals surface area contributed by atoms with Crippen LogP contribution >= 0.6 is 0 Å². The van der Waals surface area contributed by atoms with Crippen LogP contribution in [0.25, 0.3) is 99.1 Å². The van der Waals surface area contributed by atoms with Gasteiger partial charge in [0, 0.05) is 43.4 Å².